The normalized spacial score (nSPS) is 11.6. The van der Waals surface area contributed by atoms with Crippen molar-refractivity contribution < 1.29 is 24.1 Å². The molecule has 1 aromatic rings. The summed E-state index contributed by atoms with van der Waals surface area (Å²) in [4.78, 5) is 10.5. The number of aliphatic carboxylic acids is 1. The van der Waals surface area contributed by atoms with Gasteiger partial charge in [-0.05, 0) is 6.07 Å². The van der Waals surface area contributed by atoms with Crippen molar-refractivity contribution in [3.63, 3.8) is 0 Å². The van der Waals surface area contributed by atoms with Crippen molar-refractivity contribution >= 4 is 5.97 Å². The van der Waals surface area contributed by atoms with Gasteiger partial charge in [0, 0.05) is 11.6 Å². The molecule has 0 saturated heterocycles. The van der Waals surface area contributed by atoms with E-state index in [1.807, 2.05) is 0 Å². The monoisotopic (exact) mass is 225 g/mol. The molecule has 0 amide bonds. The molecule has 5 nitrogen and oxygen atoms in total. The van der Waals surface area contributed by atoms with Crippen molar-refractivity contribution in [2.45, 2.75) is 6.10 Å². The highest BCUT2D eigenvalue weighted by Crippen LogP contribution is 2.26. The van der Waals surface area contributed by atoms with Crippen LogP contribution in [0.25, 0.3) is 0 Å². The van der Waals surface area contributed by atoms with Crippen LogP contribution in [0.15, 0.2) is 12.1 Å². The molecule has 0 bridgehead atoms. The number of ether oxygens (including phenoxy) is 1. The first-order valence-corrected chi connectivity index (χ1v) is 4.19. The lowest BCUT2D eigenvalue weighted by molar-refractivity contribution is -0.147. The number of benzene rings is 1. The Labute approximate surface area is 90.3 Å². The molecule has 84 valence electrons. The maximum absolute atomic E-state index is 13.4. The minimum Gasteiger partial charge on any atom is -0.497 e. The molecule has 0 aliphatic heterocycles. The summed E-state index contributed by atoms with van der Waals surface area (Å²) in [5, 5.41) is 26.5. The SMILES string of the molecule is COc1cc(F)c(C(O)C(=O)O)c(C#N)c1. The predicted octanol–water partition coefficient (Wildman–Crippen LogP) is 0.824. The van der Waals surface area contributed by atoms with Crippen LogP contribution in [-0.2, 0) is 4.79 Å². The molecule has 0 aliphatic rings. The van der Waals surface area contributed by atoms with E-state index in [4.69, 9.17) is 15.1 Å². The van der Waals surface area contributed by atoms with Crippen LogP contribution in [0.3, 0.4) is 0 Å². The Kier molecular flexibility index (Phi) is 3.43. The van der Waals surface area contributed by atoms with Crippen molar-refractivity contribution in [1.82, 2.24) is 0 Å². The van der Waals surface area contributed by atoms with Crippen molar-refractivity contribution in [1.29, 1.82) is 5.26 Å². The number of hydrogen-bond acceptors (Lipinski definition) is 4. The van der Waals surface area contributed by atoms with Crippen molar-refractivity contribution in [3.05, 3.63) is 29.1 Å². The van der Waals surface area contributed by atoms with E-state index in [0.29, 0.717) is 0 Å². The summed E-state index contributed by atoms with van der Waals surface area (Å²) in [6, 6.07) is 3.67. The molecule has 1 atom stereocenters. The molecule has 16 heavy (non-hydrogen) atoms. The second kappa shape index (κ2) is 4.59. The highest BCUT2D eigenvalue weighted by molar-refractivity contribution is 5.75. The minimum atomic E-state index is -2.07. The molecule has 6 heteroatoms. The third-order valence-corrected chi connectivity index (χ3v) is 1.97. The largest absolute Gasteiger partial charge is 0.497 e. The Hall–Kier alpha value is -2.13. The predicted molar refractivity (Wildman–Crippen MR) is 50.3 cm³/mol. The van der Waals surface area contributed by atoms with E-state index in [0.717, 1.165) is 12.1 Å². The van der Waals surface area contributed by atoms with Crippen LogP contribution < -0.4 is 4.74 Å². The van der Waals surface area contributed by atoms with Crippen LogP contribution >= 0.6 is 0 Å². The standard InChI is InChI=1S/C10H8FNO4/c1-16-6-2-5(4-12)8(7(11)3-6)9(13)10(14)15/h2-3,9,13H,1H3,(H,14,15). The van der Waals surface area contributed by atoms with Gasteiger partial charge in [-0.2, -0.15) is 5.26 Å². The summed E-state index contributed by atoms with van der Waals surface area (Å²) in [7, 11) is 1.28. The quantitative estimate of drug-likeness (QED) is 0.794. The maximum Gasteiger partial charge on any atom is 0.337 e. The smallest absolute Gasteiger partial charge is 0.337 e. The second-order valence-corrected chi connectivity index (χ2v) is 2.92. The average Bonchev–Trinajstić information content (AvgIpc) is 2.26. The fourth-order valence-electron chi connectivity index (χ4n) is 1.20. The van der Waals surface area contributed by atoms with Gasteiger partial charge in [0.25, 0.3) is 0 Å². The number of nitriles is 1. The molecular formula is C10H8FNO4. The number of halogens is 1. The van der Waals surface area contributed by atoms with Gasteiger partial charge in [-0.15, -0.1) is 0 Å². The van der Waals surface area contributed by atoms with Crippen LogP contribution in [0.4, 0.5) is 4.39 Å². The third-order valence-electron chi connectivity index (χ3n) is 1.97. The number of hydrogen-bond donors (Lipinski definition) is 2. The molecule has 0 radical (unpaired) electrons. The van der Waals surface area contributed by atoms with Crippen LogP contribution in [0.2, 0.25) is 0 Å². The van der Waals surface area contributed by atoms with Crippen LogP contribution in [-0.4, -0.2) is 23.3 Å². The number of aliphatic hydroxyl groups is 1. The average molecular weight is 225 g/mol. The molecule has 0 aromatic heterocycles. The van der Waals surface area contributed by atoms with Gasteiger partial charge in [-0.25, -0.2) is 9.18 Å². The Bertz CT molecular complexity index is 467. The van der Waals surface area contributed by atoms with Gasteiger partial charge in [-0.3, -0.25) is 0 Å². The van der Waals surface area contributed by atoms with Crippen molar-refractivity contribution in [3.8, 4) is 11.8 Å². The third kappa shape index (κ3) is 2.10. The zero-order valence-corrected chi connectivity index (χ0v) is 8.27. The molecular weight excluding hydrogens is 217 g/mol. The highest BCUT2D eigenvalue weighted by Gasteiger charge is 2.24. The van der Waals surface area contributed by atoms with Gasteiger partial charge in [0.15, 0.2) is 6.10 Å². The van der Waals surface area contributed by atoms with Crippen LogP contribution in [0.5, 0.6) is 5.75 Å². The van der Waals surface area contributed by atoms with E-state index in [2.05, 4.69) is 0 Å². The van der Waals surface area contributed by atoms with Gasteiger partial charge in [0.1, 0.15) is 11.6 Å². The number of carboxylic acids is 1. The lowest BCUT2D eigenvalue weighted by atomic mass is 10.0. The highest BCUT2D eigenvalue weighted by atomic mass is 19.1. The van der Waals surface area contributed by atoms with Crippen LogP contribution in [0, 0.1) is 17.1 Å². The van der Waals surface area contributed by atoms with Gasteiger partial charge in [-0.1, -0.05) is 0 Å². The Morgan fingerprint density at radius 3 is 2.69 bits per heavy atom. The first kappa shape index (κ1) is 11.9. The summed E-state index contributed by atoms with van der Waals surface area (Å²) < 4.78 is 18.2. The summed E-state index contributed by atoms with van der Waals surface area (Å²) in [6.45, 7) is 0. The first-order valence-electron chi connectivity index (χ1n) is 4.19. The Morgan fingerprint density at radius 1 is 1.62 bits per heavy atom. The molecule has 0 spiro atoms. The fraction of sp³-hybridized carbons (Fsp3) is 0.200. The van der Waals surface area contributed by atoms with E-state index in [-0.39, 0.29) is 11.3 Å². The second-order valence-electron chi connectivity index (χ2n) is 2.92. The lowest BCUT2D eigenvalue weighted by Crippen LogP contribution is -2.14. The summed E-state index contributed by atoms with van der Waals surface area (Å²) in [6.07, 6.45) is -2.07. The van der Waals surface area contributed by atoms with E-state index < -0.39 is 23.5 Å². The lowest BCUT2D eigenvalue weighted by Gasteiger charge is -2.10. The van der Waals surface area contributed by atoms with Gasteiger partial charge in [0.2, 0.25) is 0 Å². The number of nitrogens with zero attached hydrogens (tertiary/aromatic N) is 1. The van der Waals surface area contributed by atoms with E-state index >= 15 is 0 Å². The number of aliphatic hydroxyl groups excluding tert-OH is 1. The van der Waals surface area contributed by atoms with Gasteiger partial charge in [0.05, 0.1) is 18.7 Å². The van der Waals surface area contributed by atoms with E-state index in [9.17, 15) is 14.3 Å². The summed E-state index contributed by atoms with van der Waals surface area (Å²) >= 11 is 0. The number of carbonyl (C=O) groups is 1. The number of carboxylic acid groups (broad SMARTS) is 1. The summed E-state index contributed by atoms with van der Waals surface area (Å²) in [5.41, 5.74) is -0.831. The molecule has 0 fully saturated rings. The Balaban J connectivity index is 3.39. The van der Waals surface area contributed by atoms with E-state index in [1.54, 1.807) is 6.07 Å². The molecule has 1 unspecified atom stereocenters. The van der Waals surface area contributed by atoms with Gasteiger partial charge < -0.3 is 14.9 Å². The van der Waals surface area contributed by atoms with E-state index in [1.165, 1.54) is 7.11 Å². The van der Waals surface area contributed by atoms with Crippen molar-refractivity contribution in [2.75, 3.05) is 7.11 Å². The molecule has 1 aromatic carbocycles. The fourth-order valence-corrected chi connectivity index (χ4v) is 1.20. The molecule has 0 saturated carbocycles. The number of rotatable bonds is 3. The van der Waals surface area contributed by atoms with Gasteiger partial charge >= 0.3 is 5.97 Å². The zero-order chi connectivity index (χ0) is 12.3. The number of methoxy groups -OCH3 is 1. The maximum atomic E-state index is 13.4. The minimum absolute atomic E-state index is 0.0791. The molecule has 1 rings (SSSR count). The molecule has 0 aliphatic carbocycles. The Morgan fingerprint density at radius 2 is 2.25 bits per heavy atom. The first-order chi connectivity index (χ1) is 7.51. The molecule has 2 N–H and O–H groups in total. The van der Waals surface area contributed by atoms with Crippen LogP contribution in [0.1, 0.15) is 17.2 Å². The topological polar surface area (TPSA) is 90.6 Å². The molecule has 0 heterocycles. The zero-order valence-electron chi connectivity index (χ0n) is 8.27. The summed E-state index contributed by atoms with van der Waals surface area (Å²) in [5.74, 6) is -2.54. The van der Waals surface area contributed by atoms with Crippen molar-refractivity contribution in [2.24, 2.45) is 0 Å².